The van der Waals surface area contributed by atoms with E-state index in [4.69, 9.17) is 0 Å². The zero-order valence-electron chi connectivity index (χ0n) is 15.8. The summed E-state index contributed by atoms with van der Waals surface area (Å²) in [6, 6.07) is 13.7. The van der Waals surface area contributed by atoms with Crippen LogP contribution in [0.5, 0.6) is 0 Å². The zero-order valence-corrected chi connectivity index (χ0v) is 16.7. The summed E-state index contributed by atoms with van der Waals surface area (Å²) in [4.78, 5) is 32.0. The van der Waals surface area contributed by atoms with Crippen LogP contribution in [-0.4, -0.2) is 62.8 Å². The van der Waals surface area contributed by atoms with E-state index < -0.39 is 0 Å². The normalized spacial score (nSPS) is 21.2. The van der Waals surface area contributed by atoms with Crippen molar-refractivity contribution in [2.75, 3.05) is 26.2 Å². The molecule has 8 heteroatoms. The van der Waals surface area contributed by atoms with Crippen LogP contribution < -0.4 is 0 Å². The first-order valence-electron chi connectivity index (χ1n) is 9.80. The van der Waals surface area contributed by atoms with Crippen LogP contribution in [0.3, 0.4) is 0 Å². The molecule has 148 valence electrons. The molecule has 29 heavy (non-hydrogen) atoms. The number of hydrogen-bond acceptors (Lipinski definition) is 5. The van der Waals surface area contributed by atoms with E-state index in [0.717, 1.165) is 12.1 Å². The van der Waals surface area contributed by atoms with Crippen molar-refractivity contribution in [1.82, 2.24) is 24.8 Å². The van der Waals surface area contributed by atoms with Gasteiger partial charge in [0.25, 0.3) is 5.91 Å². The molecule has 2 fully saturated rings. The van der Waals surface area contributed by atoms with Gasteiger partial charge in [0.1, 0.15) is 0 Å². The van der Waals surface area contributed by atoms with Crippen molar-refractivity contribution in [3.8, 4) is 5.69 Å². The molecule has 2 aromatic heterocycles. The molecule has 1 saturated heterocycles. The van der Waals surface area contributed by atoms with Crippen LogP contribution in [-0.2, 0) is 4.79 Å². The standard InChI is InChI=1S/C21H21N5O2S/c27-20(17-13-16(17)19-7-4-12-29-19)24-8-10-25(11-9-24)21(28)18-14-22-26(23-18)15-5-2-1-3-6-15/h1-7,12,14,16-17H,8-11,13H2/t16-,17-/m0/s1. The largest absolute Gasteiger partial charge is 0.339 e. The Bertz CT molecular complexity index is 1010. The van der Waals surface area contributed by atoms with Gasteiger partial charge in [-0.3, -0.25) is 9.59 Å². The first-order valence-corrected chi connectivity index (χ1v) is 10.7. The molecule has 3 aromatic rings. The van der Waals surface area contributed by atoms with Crippen LogP contribution in [0, 0.1) is 5.92 Å². The maximum atomic E-state index is 12.8. The van der Waals surface area contributed by atoms with Crippen LogP contribution in [0.1, 0.15) is 27.7 Å². The molecule has 1 aromatic carbocycles. The number of aromatic nitrogens is 3. The maximum Gasteiger partial charge on any atom is 0.276 e. The molecule has 1 saturated carbocycles. The molecule has 1 aliphatic carbocycles. The number of carbonyl (C=O) groups excluding carboxylic acids is 2. The van der Waals surface area contributed by atoms with E-state index in [1.807, 2.05) is 41.3 Å². The van der Waals surface area contributed by atoms with Gasteiger partial charge in [-0.05, 0) is 30.0 Å². The summed E-state index contributed by atoms with van der Waals surface area (Å²) in [6.45, 7) is 2.20. The molecule has 1 aliphatic heterocycles. The van der Waals surface area contributed by atoms with Crippen LogP contribution in [0.25, 0.3) is 5.69 Å². The third-order valence-corrected chi connectivity index (χ3v) is 6.60. The Kier molecular flexibility index (Phi) is 4.63. The Morgan fingerprint density at radius 2 is 1.72 bits per heavy atom. The lowest BCUT2D eigenvalue weighted by molar-refractivity contribution is -0.134. The van der Waals surface area contributed by atoms with E-state index in [1.165, 1.54) is 15.9 Å². The molecular formula is C21H21N5O2S. The van der Waals surface area contributed by atoms with E-state index in [-0.39, 0.29) is 17.7 Å². The molecule has 2 aliphatic rings. The Balaban J connectivity index is 1.17. The third-order valence-electron chi connectivity index (χ3n) is 5.59. The van der Waals surface area contributed by atoms with Crippen molar-refractivity contribution >= 4 is 23.2 Å². The highest BCUT2D eigenvalue weighted by atomic mass is 32.1. The first-order chi connectivity index (χ1) is 14.2. The van der Waals surface area contributed by atoms with Crippen LogP contribution >= 0.6 is 11.3 Å². The van der Waals surface area contributed by atoms with Gasteiger partial charge in [-0.2, -0.15) is 9.90 Å². The number of carbonyl (C=O) groups is 2. The van der Waals surface area contributed by atoms with Gasteiger partial charge in [-0.1, -0.05) is 24.3 Å². The van der Waals surface area contributed by atoms with Gasteiger partial charge in [0.15, 0.2) is 5.69 Å². The summed E-state index contributed by atoms with van der Waals surface area (Å²) >= 11 is 1.73. The molecular weight excluding hydrogens is 386 g/mol. The zero-order chi connectivity index (χ0) is 19.8. The highest BCUT2D eigenvalue weighted by molar-refractivity contribution is 7.10. The Hall–Kier alpha value is -3.00. The van der Waals surface area contributed by atoms with Crippen LogP contribution in [0.2, 0.25) is 0 Å². The number of thiophene rings is 1. The van der Waals surface area contributed by atoms with Gasteiger partial charge in [0.2, 0.25) is 5.91 Å². The van der Waals surface area contributed by atoms with E-state index in [9.17, 15) is 9.59 Å². The number of benzene rings is 1. The average Bonchev–Trinajstić information content (AvgIpc) is 3.17. The molecule has 3 heterocycles. The Morgan fingerprint density at radius 1 is 0.966 bits per heavy atom. The minimum Gasteiger partial charge on any atom is -0.339 e. The highest BCUT2D eigenvalue weighted by Gasteiger charge is 2.46. The number of nitrogens with zero attached hydrogens (tertiary/aromatic N) is 5. The van der Waals surface area contributed by atoms with Crippen molar-refractivity contribution < 1.29 is 9.59 Å². The minimum absolute atomic E-state index is 0.113. The summed E-state index contributed by atoms with van der Waals surface area (Å²) < 4.78 is 0. The van der Waals surface area contributed by atoms with Gasteiger partial charge in [0.05, 0.1) is 11.9 Å². The topological polar surface area (TPSA) is 71.3 Å². The summed E-state index contributed by atoms with van der Waals surface area (Å²) in [5.41, 5.74) is 1.14. The summed E-state index contributed by atoms with van der Waals surface area (Å²) in [5.74, 6) is 0.588. The fraction of sp³-hybridized carbons (Fsp3) is 0.333. The van der Waals surface area contributed by atoms with Crippen molar-refractivity contribution in [2.24, 2.45) is 5.92 Å². The molecule has 0 spiro atoms. The molecule has 0 unspecified atom stereocenters. The monoisotopic (exact) mass is 407 g/mol. The molecule has 2 atom stereocenters. The SMILES string of the molecule is O=C(c1cnn(-c2ccccc2)n1)N1CCN(C(=O)[C@H]2C[C@@H]2c2cccs2)CC1. The third kappa shape index (κ3) is 3.55. The summed E-state index contributed by atoms with van der Waals surface area (Å²) in [7, 11) is 0. The number of rotatable bonds is 4. The average molecular weight is 407 g/mol. The van der Waals surface area contributed by atoms with E-state index in [0.29, 0.717) is 37.8 Å². The molecule has 5 rings (SSSR count). The number of hydrogen-bond donors (Lipinski definition) is 0. The second kappa shape index (κ2) is 7.44. The van der Waals surface area contributed by atoms with Gasteiger partial charge in [0, 0.05) is 42.9 Å². The first kappa shape index (κ1) is 18.1. The lowest BCUT2D eigenvalue weighted by Gasteiger charge is -2.34. The lowest BCUT2D eigenvalue weighted by Crippen LogP contribution is -2.51. The van der Waals surface area contributed by atoms with E-state index in [2.05, 4.69) is 21.6 Å². The molecule has 0 bridgehead atoms. The molecule has 7 nitrogen and oxygen atoms in total. The number of amides is 2. The summed E-state index contributed by atoms with van der Waals surface area (Å²) in [6.07, 6.45) is 2.45. The maximum absolute atomic E-state index is 12.8. The van der Waals surface area contributed by atoms with Crippen molar-refractivity contribution in [1.29, 1.82) is 0 Å². The predicted molar refractivity (Wildman–Crippen MR) is 109 cm³/mol. The van der Waals surface area contributed by atoms with Gasteiger partial charge in [-0.25, -0.2) is 0 Å². The fourth-order valence-electron chi connectivity index (χ4n) is 3.86. The van der Waals surface area contributed by atoms with Crippen molar-refractivity contribution in [3.63, 3.8) is 0 Å². The fourth-order valence-corrected chi connectivity index (χ4v) is 4.76. The van der Waals surface area contributed by atoms with Gasteiger partial charge < -0.3 is 9.80 Å². The lowest BCUT2D eigenvalue weighted by atomic mass is 10.2. The minimum atomic E-state index is -0.137. The predicted octanol–water partition coefficient (Wildman–Crippen LogP) is 2.42. The van der Waals surface area contributed by atoms with E-state index in [1.54, 1.807) is 16.2 Å². The number of para-hydroxylation sites is 1. The second-order valence-electron chi connectivity index (χ2n) is 7.44. The van der Waals surface area contributed by atoms with Gasteiger partial charge >= 0.3 is 0 Å². The Labute approximate surface area is 172 Å². The van der Waals surface area contributed by atoms with Crippen molar-refractivity contribution in [3.05, 3.63) is 64.6 Å². The smallest absolute Gasteiger partial charge is 0.276 e. The number of piperazine rings is 1. The van der Waals surface area contributed by atoms with Crippen molar-refractivity contribution in [2.45, 2.75) is 12.3 Å². The molecule has 0 N–H and O–H groups in total. The quantitative estimate of drug-likeness (QED) is 0.666. The highest BCUT2D eigenvalue weighted by Crippen LogP contribution is 2.50. The van der Waals surface area contributed by atoms with Gasteiger partial charge in [-0.15, -0.1) is 16.4 Å². The van der Waals surface area contributed by atoms with E-state index >= 15 is 0 Å². The van der Waals surface area contributed by atoms with Crippen LogP contribution in [0.4, 0.5) is 0 Å². The van der Waals surface area contributed by atoms with Crippen LogP contribution in [0.15, 0.2) is 54.0 Å². The Morgan fingerprint density at radius 3 is 2.45 bits per heavy atom. The molecule has 0 radical (unpaired) electrons. The second-order valence-corrected chi connectivity index (χ2v) is 8.42. The summed E-state index contributed by atoms with van der Waals surface area (Å²) in [5, 5.41) is 10.6. The molecule has 2 amide bonds.